The van der Waals surface area contributed by atoms with Crippen LogP contribution in [0.15, 0.2) is 18.6 Å². The van der Waals surface area contributed by atoms with E-state index in [-0.39, 0.29) is 24.3 Å². The van der Waals surface area contributed by atoms with Gasteiger partial charge in [0.25, 0.3) is 5.91 Å². The first-order chi connectivity index (χ1) is 11.3. The van der Waals surface area contributed by atoms with Gasteiger partial charge in [-0.1, -0.05) is 0 Å². The van der Waals surface area contributed by atoms with Crippen molar-refractivity contribution in [2.45, 2.75) is 24.9 Å². The highest BCUT2D eigenvalue weighted by Crippen LogP contribution is 1.98. The third-order valence-electron chi connectivity index (χ3n) is 2.87. The molecule has 0 aliphatic carbocycles. The molecule has 0 fully saturated rings. The van der Waals surface area contributed by atoms with Crippen LogP contribution in [0.2, 0.25) is 0 Å². The van der Waals surface area contributed by atoms with Crippen molar-refractivity contribution in [1.29, 1.82) is 0 Å². The number of aromatic nitrogens is 2. The van der Waals surface area contributed by atoms with Gasteiger partial charge in [0.15, 0.2) is 0 Å². The predicted molar refractivity (Wildman–Crippen MR) is 85.1 cm³/mol. The Morgan fingerprint density at radius 2 is 2.00 bits per heavy atom. The first-order valence-electron chi connectivity index (χ1n) is 6.85. The van der Waals surface area contributed by atoms with E-state index in [0.29, 0.717) is 0 Å². The van der Waals surface area contributed by atoms with E-state index in [0.717, 1.165) is 0 Å². The van der Waals surface area contributed by atoms with Gasteiger partial charge in [-0.05, 0) is 6.42 Å². The number of carboxylic acids is 1. The van der Waals surface area contributed by atoms with Gasteiger partial charge in [-0.3, -0.25) is 29.5 Å². The van der Waals surface area contributed by atoms with Crippen molar-refractivity contribution in [1.82, 2.24) is 20.6 Å². The Morgan fingerprint density at radius 1 is 1.29 bits per heavy atom. The summed E-state index contributed by atoms with van der Waals surface area (Å²) >= 11 is 3.95. The summed E-state index contributed by atoms with van der Waals surface area (Å²) in [5.74, 6) is -3.39. The lowest BCUT2D eigenvalue weighted by molar-refractivity contribution is -0.138. The summed E-state index contributed by atoms with van der Waals surface area (Å²) in [4.78, 5) is 53.5. The van der Waals surface area contributed by atoms with Crippen molar-refractivity contribution >= 4 is 36.3 Å². The van der Waals surface area contributed by atoms with Crippen LogP contribution < -0.4 is 16.4 Å². The molecule has 0 radical (unpaired) electrons. The number of thiol groups is 1. The Hall–Kier alpha value is -2.53. The number of carbonyl (C=O) groups is 4. The van der Waals surface area contributed by atoms with Crippen LogP contribution in [0.25, 0.3) is 0 Å². The Balaban J connectivity index is 2.53. The molecule has 2 atom stereocenters. The molecule has 130 valence electrons. The number of amides is 3. The van der Waals surface area contributed by atoms with Gasteiger partial charge >= 0.3 is 5.97 Å². The molecule has 1 heterocycles. The van der Waals surface area contributed by atoms with Crippen LogP contribution in [0.5, 0.6) is 0 Å². The van der Waals surface area contributed by atoms with Crippen molar-refractivity contribution in [3.05, 3.63) is 24.3 Å². The highest BCUT2D eigenvalue weighted by atomic mass is 32.1. The number of nitrogens with one attached hydrogen (secondary N) is 2. The molecule has 3 amide bonds. The minimum atomic E-state index is -1.22. The quantitative estimate of drug-likeness (QED) is 0.346. The first kappa shape index (κ1) is 19.5. The minimum absolute atomic E-state index is 0.0532. The molecule has 24 heavy (non-hydrogen) atoms. The van der Waals surface area contributed by atoms with E-state index in [1.54, 1.807) is 0 Å². The van der Waals surface area contributed by atoms with E-state index in [1.807, 2.05) is 0 Å². The van der Waals surface area contributed by atoms with E-state index >= 15 is 0 Å². The highest BCUT2D eigenvalue weighted by molar-refractivity contribution is 7.80. The Bertz CT molecular complexity index is 612. The van der Waals surface area contributed by atoms with E-state index in [4.69, 9.17) is 10.8 Å². The fourth-order valence-electron chi connectivity index (χ4n) is 1.55. The molecule has 0 saturated heterocycles. The molecule has 2 unspecified atom stereocenters. The van der Waals surface area contributed by atoms with Gasteiger partial charge in [-0.15, -0.1) is 0 Å². The molecule has 0 bridgehead atoms. The van der Waals surface area contributed by atoms with E-state index in [2.05, 4.69) is 33.2 Å². The molecule has 0 aliphatic heterocycles. The number of nitrogens with zero attached hydrogens (tertiary/aromatic N) is 2. The van der Waals surface area contributed by atoms with Crippen molar-refractivity contribution in [2.24, 2.45) is 5.73 Å². The Morgan fingerprint density at radius 3 is 2.54 bits per heavy atom. The second kappa shape index (κ2) is 9.57. The van der Waals surface area contributed by atoms with Gasteiger partial charge in [0.1, 0.15) is 17.8 Å². The molecule has 0 spiro atoms. The van der Waals surface area contributed by atoms with Crippen LogP contribution in [0, 0.1) is 0 Å². The molecule has 10 nitrogen and oxygen atoms in total. The zero-order valence-corrected chi connectivity index (χ0v) is 13.4. The van der Waals surface area contributed by atoms with E-state index in [1.165, 1.54) is 18.6 Å². The fourth-order valence-corrected chi connectivity index (χ4v) is 1.81. The summed E-state index contributed by atoms with van der Waals surface area (Å²) in [5.41, 5.74) is 5.23. The molecular weight excluding hydrogens is 338 g/mol. The van der Waals surface area contributed by atoms with Crippen molar-refractivity contribution in [3.8, 4) is 0 Å². The Kier molecular flexibility index (Phi) is 7.79. The normalized spacial score (nSPS) is 12.8. The summed E-state index contributed by atoms with van der Waals surface area (Å²) in [6.45, 7) is 0. The number of carbonyl (C=O) groups excluding carboxylic acids is 3. The largest absolute Gasteiger partial charge is 0.480 e. The minimum Gasteiger partial charge on any atom is -0.480 e. The van der Waals surface area contributed by atoms with E-state index < -0.39 is 35.8 Å². The molecule has 1 aromatic rings. The SMILES string of the molecule is NC(CCC(=O)NC(CS)C(=O)NC(=O)c1cnccn1)C(=O)O. The number of hydrogen-bond acceptors (Lipinski definition) is 8. The predicted octanol–water partition coefficient (Wildman–Crippen LogP) is -1.66. The summed E-state index contributed by atoms with van der Waals surface area (Å²) < 4.78 is 0. The Labute approximate surface area is 142 Å². The monoisotopic (exact) mass is 355 g/mol. The zero-order chi connectivity index (χ0) is 18.1. The van der Waals surface area contributed by atoms with Crippen LogP contribution in [-0.4, -0.2) is 56.6 Å². The highest BCUT2D eigenvalue weighted by Gasteiger charge is 2.23. The second-order valence-electron chi connectivity index (χ2n) is 4.70. The number of aliphatic carboxylic acids is 1. The molecule has 0 saturated carbocycles. The number of imide groups is 1. The number of carboxylic acid groups (broad SMARTS) is 1. The zero-order valence-electron chi connectivity index (χ0n) is 12.5. The van der Waals surface area contributed by atoms with Gasteiger partial charge in [0.05, 0.1) is 6.20 Å². The summed E-state index contributed by atoms with van der Waals surface area (Å²) in [5, 5.41) is 13.1. The molecule has 1 rings (SSSR count). The lowest BCUT2D eigenvalue weighted by Gasteiger charge is -2.16. The lowest BCUT2D eigenvalue weighted by Crippen LogP contribution is -2.49. The number of rotatable bonds is 8. The van der Waals surface area contributed by atoms with Crippen LogP contribution >= 0.6 is 12.6 Å². The molecule has 0 aliphatic rings. The summed E-state index contributed by atoms with van der Waals surface area (Å²) in [6, 6.07) is -2.24. The smallest absolute Gasteiger partial charge is 0.320 e. The first-order valence-corrected chi connectivity index (χ1v) is 7.48. The van der Waals surface area contributed by atoms with Crippen molar-refractivity contribution in [2.75, 3.05) is 5.75 Å². The summed E-state index contributed by atoms with van der Waals surface area (Å²) in [7, 11) is 0. The van der Waals surface area contributed by atoms with Gasteiger partial charge in [0, 0.05) is 24.6 Å². The maximum atomic E-state index is 12.0. The van der Waals surface area contributed by atoms with E-state index in [9.17, 15) is 19.2 Å². The number of nitrogens with two attached hydrogens (primary N) is 1. The van der Waals surface area contributed by atoms with Gasteiger partial charge < -0.3 is 16.2 Å². The summed E-state index contributed by atoms with van der Waals surface area (Å²) in [6.07, 6.45) is 3.59. The standard InChI is InChI=1S/C13H17N5O5S/c14-7(13(22)23)1-2-10(19)17-9(6-24)12(21)18-11(20)8-5-15-3-4-16-8/h3-5,7,9,24H,1-2,6,14H2,(H,17,19)(H,22,23)(H,18,20,21). The molecule has 0 aromatic carbocycles. The average molecular weight is 355 g/mol. The van der Waals surface area contributed by atoms with Gasteiger partial charge in [-0.2, -0.15) is 12.6 Å². The fraction of sp³-hybridized carbons (Fsp3) is 0.385. The molecule has 5 N–H and O–H groups in total. The number of hydrogen-bond donors (Lipinski definition) is 5. The van der Waals surface area contributed by atoms with Gasteiger partial charge in [-0.25, -0.2) is 4.98 Å². The topological polar surface area (TPSA) is 164 Å². The van der Waals surface area contributed by atoms with Crippen LogP contribution in [-0.2, 0) is 14.4 Å². The van der Waals surface area contributed by atoms with Crippen LogP contribution in [0.1, 0.15) is 23.3 Å². The maximum absolute atomic E-state index is 12.0. The molecule has 11 heteroatoms. The van der Waals surface area contributed by atoms with Crippen molar-refractivity contribution < 1.29 is 24.3 Å². The maximum Gasteiger partial charge on any atom is 0.320 e. The third-order valence-corrected chi connectivity index (χ3v) is 3.23. The molecule has 1 aromatic heterocycles. The second-order valence-corrected chi connectivity index (χ2v) is 5.06. The molecular formula is C13H17N5O5S. The van der Waals surface area contributed by atoms with Crippen molar-refractivity contribution in [3.63, 3.8) is 0 Å². The van der Waals surface area contributed by atoms with Crippen LogP contribution in [0.4, 0.5) is 0 Å². The third kappa shape index (κ3) is 6.30. The van der Waals surface area contributed by atoms with Crippen LogP contribution in [0.3, 0.4) is 0 Å². The van der Waals surface area contributed by atoms with Gasteiger partial charge in [0.2, 0.25) is 11.8 Å². The lowest BCUT2D eigenvalue weighted by atomic mass is 10.1. The average Bonchev–Trinajstić information content (AvgIpc) is 2.57.